The molecule has 0 aromatic heterocycles. The zero-order chi connectivity index (χ0) is 12.8. The van der Waals surface area contributed by atoms with Gasteiger partial charge >= 0.3 is 0 Å². The lowest BCUT2D eigenvalue weighted by Crippen LogP contribution is -2.16. The van der Waals surface area contributed by atoms with Crippen LogP contribution < -0.4 is 5.32 Å². The van der Waals surface area contributed by atoms with E-state index in [-0.39, 0.29) is 0 Å². The fraction of sp³-hybridized carbons (Fsp3) is 0.250. The molecule has 1 unspecified atom stereocenters. The lowest BCUT2D eigenvalue weighted by Gasteiger charge is -2.16. The number of benzene rings is 2. The van der Waals surface area contributed by atoms with Gasteiger partial charge in [0.15, 0.2) is 0 Å². The third kappa shape index (κ3) is 3.69. The standard InChI is InChI=1S/C16H18BrN/c1-18-16(14-5-3-2-4-6-14)12-9-13-7-10-15(17)11-8-13/h2-8,10-11,16,18H,9,12H2,1H3. The molecule has 0 amide bonds. The summed E-state index contributed by atoms with van der Waals surface area (Å²) in [6.07, 6.45) is 2.20. The molecule has 2 aromatic rings. The van der Waals surface area contributed by atoms with Crippen molar-refractivity contribution in [2.75, 3.05) is 7.05 Å². The van der Waals surface area contributed by atoms with E-state index in [0.717, 1.165) is 17.3 Å². The van der Waals surface area contributed by atoms with Gasteiger partial charge in [0, 0.05) is 10.5 Å². The van der Waals surface area contributed by atoms with Gasteiger partial charge in [-0.05, 0) is 43.1 Å². The third-order valence-electron chi connectivity index (χ3n) is 3.19. The van der Waals surface area contributed by atoms with Crippen molar-refractivity contribution in [2.45, 2.75) is 18.9 Å². The van der Waals surface area contributed by atoms with Gasteiger partial charge in [-0.25, -0.2) is 0 Å². The van der Waals surface area contributed by atoms with Gasteiger partial charge in [0.1, 0.15) is 0 Å². The highest BCUT2D eigenvalue weighted by Gasteiger charge is 2.08. The summed E-state index contributed by atoms with van der Waals surface area (Å²) in [7, 11) is 2.03. The average molecular weight is 304 g/mol. The van der Waals surface area contributed by atoms with Gasteiger partial charge in [0.25, 0.3) is 0 Å². The van der Waals surface area contributed by atoms with Crippen LogP contribution in [0.1, 0.15) is 23.6 Å². The highest BCUT2D eigenvalue weighted by Crippen LogP contribution is 2.19. The molecule has 1 N–H and O–H groups in total. The fourth-order valence-corrected chi connectivity index (χ4v) is 2.39. The smallest absolute Gasteiger partial charge is 0.0320 e. The van der Waals surface area contributed by atoms with Crippen molar-refractivity contribution in [3.05, 3.63) is 70.2 Å². The average Bonchev–Trinajstić information content (AvgIpc) is 2.43. The summed E-state index contributed by atoms with van der Waals surface area (Å²) in [5, 5.41) is 3.39. The number of hydrogen-bond donors (Lipinski definition) is 1. The molecule has 18 heavy (non-hydrogen) atoms. The summed E-state index contributed by atoms with van der Waals surface area (Å²) in [6, 6.07) is 19.6. The minimum Gasteiger partial charge on any atom is -0.313 e. The molecule has 0 spiro atoms. The van der Waals surface area contributed by atoms with E-state index < -0.39 is 0 Å². The highest BCUT2D eigenvalue weighted by atomic mass is 79.9. The second-order valence-corrected chi connectivity index (χ2v) is 5.33. The van der Waals surface area contributed by atoms with Crippen LogP contribution in [0.4, 0.5) is 0 Å². The van der Waals surface area contributed by atoms with E-state index in [0.29, 0.717) is 6.04 Å². The Kier molecular flexibility index (Phi) is 4.97. The van der Waals surface area contributed by atoms with E-state index in [1.165, 1.54) is 11.1 Å². The van der Waals surface area contributed by atoms with Gasteiger partial charge in [-0.2, -0.15) is 0 Å². The maximum Gasteiger partial charge on any atom is 0.0320 e. The summed E-state index contributed by atoms with van der Waals surface area (Å²) >= 11 is 3.46. The van der Waals surface area contributed by atoms with Crippen LogP contribution in [0, 0.1) is 0 Å². The number of rotatable bonds is 5. The van der Waals surface area contributed by atoms with Gasteiger partial charge in [-0.3, -0.25) is 0 Å². The minimum absolute atomic E-state index is 0.426. The van der Waals surface area contributed by atoms with Gasteiger partial charge < -0.3 is 5.32 Å². The van der Waals surface area contributed by atoms with Crippen molar-refractivity contribution in [2.24, 2.45) is 0 Å². The Balaban J connectivity index is 1.97. The second kappa shape index (κ2) is 6.72. The number of hydrogen-bond acceptors (Lipinski definition) is 1. The van der Waals surface area contributed by atoms with Gasteiger partial charge in [-0.1, -0.05) is 58.4 Å². The third-order valence-corrected chi connectivity index (χ3v) is 3.71. The summed E-state index contributed by atoms with van der Waals surface area (Å²) in [6.45, 7) is 0. The molecule has 0 saturated heterocycles. The molecule has 0 bridgehead atoms. The Bertz CT molecular complexity index is 464. The molecular formula is C16H18BrN. The molecule has 2 rings (SSSR count). The largest absolute Gasteiger partial charge is 0.313 e. The van der Waals surface area contributed by atoms with Crippen molar-refractivity contribution < 1.29 is 0 Å². The van der Waals surface area contributed by atoms with Crippen LogP contribution in [0.3, 0.4) is 0 Å². The molecule has 0 saturated carbocycles. The molecule has 0 aliphatic rings. The molecule has 2 heteroatoms. The van der Waals surface area contributed by atoms with Crippen LogP contribution in [-0.4, -0.2) is 7.05 Å². The molecule has 1 atom stereocenters. The van der Waals surface area contributed by atoms with Crippen LogP contribution >= 0.6 is 15.9 Å². The van der Waals surface area contributed by atoms with Crippen LogP contribution in [0.25, 0.3) is 0 Å². The lowest BCUT2D eigenvalue weighted by molar-refractivity contribution is 0.549. The summed E-state index contributed by atoms with van der Waals surface area (Å²) < 4.78 is 1.14. The quantitative estimate of drug-likeness (QED) is 0.866. The van der Waals surface area contributed by atoms with Gasteiger partial charge in [0.2, 0.25) is 0 Å². The number of halogens is 1. The fourth-order valence-electron chi connectivity index (χ4n) is 2.13. The van der Waals surface area contributed by atoms with Crippen molar-refractivity contribution >= 4 is 15.9 Å². The normalized spacial score (nSPS) is 12.3. The summed E-state index contributed by atoms with van der Waals surface area (Å²) in [5.41, 5.74) is 2.74. The zero-order valence-electron chi connectivity index (χ0n) is 10.6. The Hall–Kier alpha value is -1.12. The van der Waals surface area contributed by atoms with Gasteiger partial charge in [0.05, 0.1) is 0 Å². The molecule has 0 fully saturated rings. The van der Waals surface area contributed by atoms with Crippen molar-refractivity contribution in [1.29, 1.82) is 0 Å². The molecule has 2 aromatic carbocycles. The van der Waals surface area contributed by atoms with E-state index in [1.54, 1.807) is 0 Å². The maximum absolute atomic E-state index is 3.46. The van der Waals surface area contributed by atoms with E-state index in [2.05, 4.69) is 75.8 Å². The SMILES string of the molecule is CNC(CCc1ccc(Br)cc1)c1ccccc1. The predicted octanol–water partition coefficient (Wildman–Crippen LogP) is 4.34. The summed E-state index contributed by atoms with van der Waals surface area (Å²) in [5.74, 6) is 0. The van der Waals surface area contributed by atoms with Gasteiger partial charge in [-0.15, -0.1) is 0 Å². The first-order valence-electron chi connectivity index (χ1n) is 6.26. The van der Waals surface area contributed by atoms with Crippen molar-refractivity contribution in [1.82, 2.24) is 5.32 Å². The molecule has 0 heterocycles. The Labute approximate surface area is 117 Å². The first-order chi connectivity index (χ1) is 8.79. The Morgan fingerprint density at radius 2 is 1.67 bits per heavy atom. The molecule has 1 nitrogen and oxygen atoms in total. The highest BCUT2D eigenvalue weighted by molar-refractivity contribution is 9.10. The summed E-state index contributed by atoms with van der Waals surface area (Å²) in [4.78, 5) is 0. The van der Waals surface area contributed by atoms with Crippen molar-refractivity contribution in [3.8, 4) is 0 Å². The Morgan fingerprint density at radius 3 is 2.28 bits per heavy atom. The topological polar surface area (TPSA) is 12.0 Å². The van der Waals surface area contributed by atoms with E-state index in [1.807, 2.05) is 7.05 Å². The Morgan fingerprint density at radius 1 is 1.00 bits per heavy atom. The monoisotopic (exact) mass is 303 g/mol. The van der Waals surface area contributed by atoms with E-state index in [9.17, 15) is 0 Å². The van der Waals surface area contributed by atoms with Crippen LogP contribution in [0.15, 0.2) is 59.1 Å². The van der Waals surface area contributed by atoms with E-state index in [4.69, 9.17) is 0 Å². The van der Waals surface area contributed by atoms with Crippen LogP contribution in [-0.2, 0) is 6.42 Å². The maximum atomic E-state index is 3.46. The first kappa shape index (κ1) is 13.3. The molecule has 0 aliphatic carbocycles. The zero-order valence-corrected chi connectivity index (χ0v) is 12.2. The predicted molar refractivity (Wildman–Crippen MR) is 80.7 cm³/mol. The molecule has 0 radical (unpaired) electrons. The number of nitrogens with one attached hydrogen (secondary N) is 1. The molecule has 94 valence electrons. The molecular weight excluding hydrogens is 286 g/mol. The van der Waals surface area contributed by atoms with E-state index >= 15 is 0 Å². The number of aryl methyl sites for hydroxylation is 1. The van der Waals surface area contributed by atoms with Crippen LogP contribution in [0.5, 0.6) is 0 Å². The van der Waals surface area contributed by atoms with Crippen molar-refractivity contribution in [3.63, 3.8) is 0 Å². The first-order valence-corrected chi connectivity index (χ1v) is 7.05. The lowest BCUT2D eigenvalue weighted by atomic mass is 9.99. The van der Waals surface area contributed by atoms with Crippen LogP contribution in [0.2, 0.25) is 0 Å². The molecule has 0 aliphatic heterocycles. The minimum atomic E-state index is 0.426. The second-order valence-electron chi connectivity index (χ2n) is 4.42.